The van der Waals surface area contributed by atoms with Crippen LogP contribution in [0.5, 0.6) is 0 Å². The molecule has 0 saturated carbocycles. The predicted octanol–water partition coefficient (Wildman–Crippen LogP) is -2.64. The average molecular weight is 210 g/mol. The van der Waals surface area contributed by atoms with Crippen molar-refractivity contribution in [1.29, 1.82) is 0 Å². The van der Waals surface area contributed by atoms with Crippen LogP contribution in [0.2, 0.25) is 0 Å². The lowest BCUT2D eigenvalue weighted by molar-refractivity contribution is -0.353. The van der Waals surface area contributed by atoms with Gasteiger partial charge in [0, 0.05) is 7.11 Å². The average Bonchev–Trinajstić information content (AvgIpc) is 2.19. The van der Waals surface area contributed by atoms with Crippen molar-refractivity contribution in [3.63, 3.8) is 0 Å². The molecule has 1 rings (SSSR count). The molecule has 0 aromatic heterocycles. The van der Waals surface area contributed by atoms with Gasteiger partial charge in [-0.3, -0.25) is 0 Å². The maximum absolute atomic E-state index is 9.33. The summed E-state index contributed by atoms with van der Waals surface area (Å²) >= 11 is 0. The molecule has 0 bridgehead atoms. The van der Waals surface area contributed by atoms with Crippen molar-refractivity contribution < 1.29 is 34.6 Å². The molecule has 4 N–H and O–H groups in total. The van der Waals surface area contributed by atoms with E-state index in [1.807, 2.05) is 0 Å². The molecule has 5 unspecified atom stereocenters. The van der Waals surface area contributed by atoms with E-state index in [1.165, 1.54) is 7.11 Å². The number of aliphatic hydroxyl groups excluding tert-OH is 4. The summed E-state index contributed by atoms with van der Waals surface area (Å²) in [5.74, 6) is 0. The zero-order valence-electron chi connectivity index (χ0n) is 7.61. The van der Waals surface area contributed by atoms with Crippen molar-refractivity contribution in [1.82, 2.24) is 0 Å². The third kappa shape index (κ3) is 2.20. The summed E-state index contributed by atoms with van der Waals surface area (Å²) in [5, 5.41) is 36.4. The molecule has 1 fully saturated rings. The first-order valence-electron chi connectivity index (χ1n) is 4.06. The molecule has 1 saturated heterocycles. The van der Waals surface area contributed by atoms with E-state index in [0.29, 0.717) is 0 Å². The standard InChI is InChI=1S/C7H14O7/c1-12-6-4(10)3(9)5(11)7(14-6)13-2-8/h3-11H,2H2,1H3. The zero-order valence-corrected chi connectivity index (χ0v) is 7.61. The van der Waals surface area contributed by atoms with Crippen LogP contribution in [0.3, 0.4) is 0 Å². The highest BCUT2D eigenvalue weighted by Gasteiger charge is 2.44. The summed E-state index contributed by atoms with van der Waals surface area (Å²) < 4.78 is 14.2. The van der Waals surface area contributed by atoms with Gasteiger partial charge in [0.25, 0.3) is 0 Å². The topological polar surface area (TPSA) is 109 Å². The van der Waals surface area contributed by atoms with Gasteiger partial charge in [0.05, 0.1) is 0 Å². The molecule has 7 nitrogen and oxygen atoms in total. The van der Waals surface area contributed by atoms with Gasteiger partial charge in [-0.1, -0.05) is 0 Å². The molecular weight excluding hydrogens is 196 g/mol. The van der Waals surface area contributed by atoms with Gasteiger partial charge in [-0.25, -0.2) is 0 Å². The number of hydrogen-bond acceptors (Lipinski definition) is 7. The Balaban J connectivity index is 2.63. The summed E-state index contributed by atoms with van der Waals surface area (Å²) in [7, 11) is 1.27. The van der Waals surface area contributed by atoms with Crippen LogP contribution in [0.1, 0.15) is 0 Å². The van der Waals surface area contributed by atoms with Crippen LogP contribution in [0.25, 0.3) is 0 Å². The Kier molecular flexibility index (Phi) is 4.20. The van der Waals surface area contributed by atoms with Crippen LogP contribution in [0.4, 0.5) is 0 Å². The molecule has 0 radical (unpaired) electrons. The second kappa shape index (κ2) is 4.99. The molecule has 1 aliphatic rings. The van der Waals surface area contributed by atoms with Crippen molar-refractivity contribution in [2.24, 2.45) is 0 Å². The van der Waals surface area contributed by atoms with E-state index in [0.717, 1.165) is 0 Å². The summed E-state index contributed by atoms with van der Waals surface area (Å²) in [4.78, 5) is 0. The largest absolute Gasteiger partial charge is 0.387 e. The fraction of sp³-hybridized carbons (Fsp3) is 1.00. The summed E-state index contributed by atoms with van der Waals surface area (Å²) in [5.41, 5.74) is 0. The molecule has 14 heavy (non-hydrogen) atoms. The molecule has 7 heteroatoms. The molecule has 0 amide bonds. The second-order valence-electron chi connectivity index (χ2n) is 2.88. The summed E-state index contributed by atoms with van der Waals surface area (Å²) in [6, 6.07) is 0. The molecule has 0 spiro atoms. The van der Waals surface area contributed by atoms with Gasteiger partial charge in [-0.2, -0.15) is 0 Å². The minimum absolute atomic E-state index is 0.666. The minimum atomic E-state index is -1.44. The third-order valence-corrected chi connectivity index (χ3v) is 2.00. The second-order valence-corrected chi connectivity index (χ2v) is 2.88. The van der Waals surface area contributed by atoms with Gasteiger partial charge in [-0.05, 0) is 0 Å². The number of ether oxygens (including phenoxy) is 3. The van der Waals surface area contributed by atoms with Crippen molar-refractivity contribution in [2.45, 2.75) is 30.9 Å². The van der Waals surface area contributed by atoms with Crippen LogP contribution in [-0.4, -0.2) is 65.2 Å². The Hall–Kier alpha value is -0.280. The number of methoxy groups -OCH3 is 1. The van der Waals surface area contributed by atoms with E-state index in [2.05, 4.69) is 4.74 Å². The maximum Gasteiger partial charge on any atom is 0.191 e. The van der Waals surface area contributed by atoms with Gasteiger partial charge in [0.2, 0.25) is 0 Å². The fourth-order valence-electron chi connectivity index (χ4n) is 1.22. The van der Waals surface area contributed by atoms with Crippen molar-refractivity contribution in [3.8, 4) is 0 Å². The van der Waals surface area contributed by atoms with E-state index in [1.54, 1.807) is 0 Å². The molecule has 0 aliphatic carbocycles. The first kappa shape index (κ1) is 11.8. The van der Waals surface area contributed by atoms with E-state index in [9.17, 15) is 15.3 Å². The van der Waals surface area contributed by atoms with Crippen LogP contribution >= 0.6 is 0 Å². The zero-order chi connectivity index (χ0) is 10.7. The van der Waals surface area contributed by atoms with Crippen molar-refractivity contribution in [3.05, 3.63) is 0 Å². The Labute approximate surface area is 80.4 Å². The first-order valence-corrected chi connectivity index (χ1v) is 4.06. The van der Waals surface area contributed by atoms with Crippen molar-refractivity contribution in [2.75, 3.05) is 13.9 Å². The predicted molar refractivity (Wildman–Crippen MR) is 41.9 cm³/mol. The SMILES string of the molecule is COC1OC(OCO)C(O)C(O)C1O. The number of rotatable bonds is 3. The highest BCUT2D eigenvalue weighted by Crippen LogP contribution is 2.21. The van der Waals surface area contributed by atoms with Gasteiger partial charge >= 0.3 is 0 Å². The fourth-order valence-corrected chi connectivity index (χ4v) is 1.22. The molecule has 0 aromatic carbocycles. The highest BCUT2D eigenvalue weighted by molar-refractivity contribution is 4.85. The first-order chi connectivity index (χ1) is 6.61. The van der Waals surface area contributed by atoms with Gasteiger partial charge in [-0.15, -0.1) is 0 Å². The summed E-state index contributed by atoms with van der Waals surface area (Å²) in [6.45, 7) is -0.666. The van der Waals surface area contributed by atoms with E-state index in [4.69, 9.17) is 14.6 Å². The van der Waals surface area contributed by atoms with Crippen LogP contribution in [0.15, 0.2) is 0 Å². The molecule has 5 atom stereocenters. The molecule has 0 aromatic rings. The molecular formula is C7H14O7. The highest BCUT2D eigenvalue weighted by atomic mass is 16.8. The molecule has 1 aliphatic heterocycles. The van der Waals surface area contributed by atoms with Crippen LogP contribution in [-0.2, 0) is 14.2 Å². The number of hydrogen-bond donors (Lipinski definition) is 4. The van der Waals surface area contributed by atoms with Crippen LogP contribution < -0.4 is 0 Å². The molecule has 1 heterocycles. The Morgan fingerprint density at radius 1 is 1.07 bits per heavy atom. The minimum Gasteiger partial charge on any atom is -0.387 e. The van der Waals surface area contributed by atoms with Gasteiger partial charge in [0.15, 0.2) is 12.6 Å². The van der Waals surface area contributed by atoms with E-state index in [-0.39, 0.29) is 0 Å². The lowest BCUT2D eigenvalue weighted by Gasteiger charge is -2.38. The maximum atomic E-state index is 9.33. The Bertz CT molecular complexity index is 171. The van der Waals surface area contributed by atoms with Gasteiger partial charge in [0.1, 0.15) is 25.1 Å². The van der Waals surface area contributed by atoms with E-state index >= 15 is 0 Å². The quantitative estimate of drug-likeness (QED) is 0.377. The van der Waals surface area contributed by atoms with E-state index < -0.39 is 37.7 Å². The number of aliphatic hydroxyl groups is 4. The Morgan fingerprint density at radius 3 is 2.14 bits per heavy atom. The third-order valence-electron chi connectivity index (χ3n) is 2.00. The normalized spacial score (nSPS) is 43.9. The summed E-state index contributed by atoms with van der Waals surface area (Å²) in [6.07, 6.45) is -6.53. The Morgan fingerprint density at radius 2 is 1.64 bits per heavy atom. The van der Waals surface area contributed by atoms with Gasteiger partial charge < -0.3 is 34.6 Å². The molecule has 84 valence electrons. The monoisotopic (exact) mass is 210 g/mol. The smallest absolute Gasteiger partial charge is 0.191 e. The lowest BCUT2D eigenvalue weighted by Crippen LogP contribution is -2.58. The lowest BCUT2D eigenvalue weighted by atomic mass is 10.0. The van der Waals surface area contributed by atoms with Crippen LogP contribution in [0, 0.1) is 0 Å². The van der Waals surface area contributed by atoms with Crippen molar-refractivity contribution >= 4 is 0 Å².